The summed E-state index contributed by atoms with van der Waals surface area (Å²) in [5.74, 6) is 1.73. The molecule has 2 aromatic carbocycles. The highest BCUT2D eigenvalue weighted by atomic mass is 16.5. The SMILES string of the molecule is COc1ccc2cc(CNCc3ccno3)ccc2c1. The molecule has 0 aliphatic carbocycles. The third-order valence-corrected chi connectivity index (χ3v) is 3.23. The largest absolute Gasteiger partial charge is 0.497 e. The smallest absolute Gasteiger partial charge is 0.150 e. The average Bonchev–Trinajstić information content (AvgIpc) is 3.00. The fourth-order valence-corrected chi connectivity index (χ4v) is 2.17. The summed E-state index contributed by atoms with van der Waals surface area (Å²) in [6.45, 7) is 1.48. The van der Waals surface area contributed by atoms with Crippen LogP contribution in [0.25, 0.3) is 10.8 Å². The molecule has 4 heteroatoms. The molecule has 0 saturated carbocycles. The van der Waals surface area contributed by atoms with Gasteiger partial charge in [-0.3, -0.25) is 0 Å². The second kappa shape index (κ2) is 5.75. The third-order valence-electron chi connectivity index (χ3n) is 3.23. The van der Waals surface area contributed by atoms with Gasteiger partial charge in [-0.25, -0.2) is 0 Å². The van der Waals surface area contributed by atoms with Gasteiger partial charge in [0.1, 0.15) is 11.5 Å². The van der Waals surface area contributed by atoms with E-state index in [1.807, 2.05) is 18.2 Å². The second-order valence-corrected chi connectivity index (χ2v) is 4.63. The molecule has 0 radical (unpaired) electrons. The van der Waals surface area contributed by atoms with Gasteiger partial charge in [0.05, 0.1) is 19.9 Å². The van der Waals surface area contributed by atoms with Crippen LogP contribution in [-0.2, 0) is 13.1 Å². The van der Waals surface area contributed by atoms with E-state index in [0.717, 1.165) is 18.1 Å². The van der Waals surface area contributed by atoms with E-state index < -0.39 is 0 Å². The highest BCUT2D eigenvalue weighted by Gasteiger charge is 2.00. The van der Waals surface area contributed by atoms with Crippen molar-refractivity contribution in [1.82, 2.24) is 10.5 Å². The summed E-state index contributed by atoms with van der Waals surface area (Å²) in [5.41, 5.74) is 1.24. The van der Waals surface area contributed by atoms with E-state index in [0.29, 0.717) is 6.54 Å². The topological polar surface area (TPSA) is 47.3 Å². The lowest BCUT2D eigenvalue weighted by molar-refractivity contribution is 0.373. The van der Waals surface area contributed by atoms with E-state index in [2.05, 4.69) is 34.7 Å². The molecule has 0 saturated heterocycles. The Hall–Kier alpha value is -2.33. The van der Waals surface area contributed by atoms with Crippen molar-refractivity contribution in [1.29, 1.82) is 0 Å². The lowest BCUT2D eigenvalue weighted by Crippen LogP contribution is -2.11. The third kappa shape index (κ3) is 2.81. The molecule has 0 aliphatic rings. The number of hydrogen-bond acceptors (Lipinski definition) is 4. The lowest BCUT2D eigenvalue weighted by atomic mass is 10.1. The number of hydrogen-bond donors (Lipinski definition) is 1. The maximum atomic E-state index is 5.23. The molecule has 0 spiro atoms. The Bertz CT molecular complexity index is 693. The van der Waals surface area contributed by atoms with E-state index in [1.54, 1.807) is 13.3 Å². The first kappa shape index (κ1) is 12.7. The number of benzene rings is 2. The van der Waals surface area contributed by atoms with Gasteiger partial charge >= 0.3 is 0 Å². The first-order valence-electron chi connectivity index (χ1n) is 6.52. The summed E-state index contributed by atoms with van der Waals surface area (Å²) in [5, 5.41) is 9.41. The van der Waals surface area contributed by atoms with E-state index in [-0.39, 0.29) is 0 Å². The number of fused-ring (bicyclic) bond motifs is 1. The fourth-order valence-electron chi connectivity index (χ4n) is 2.17. The van der Waals surface area contributed by atoms with Gasteiger partial charge in [0.2, 0.25) is 0 Å². The van der Waals surface area contributed by atoms with Crippen molar-refractivity contribution >= 4 is 10.8 Å². The predicted molar refractivity (Wildman–Crippen MR) is 77.5 cm³/mol. The summed E-state index contributed by atoms with van der Waals surface area (Å²) in [4.78, 5) is 0. The zero-order chi connectivity index (χ0) is 13.8. The number of ether oxygens (including phenoxy) is 1. The Kier molecular flexibility index (Phi) is 3.65. The molecule has 0 unspecified atom stereocenters. The van der Waals surface area contributed by atoms with Crippen LogP contribution in [0.3, 0.4) is 0 Å². The van der Waals surface area contributed by atoms with Crippen LogP contribution in [0.5, 0.6) is 5.75 Å². The van der Waals surface area contributed by atoms with E-state index in [9.17, 15) is 0 Å². The molecule has 0 atom stereocenters. The van der Waals surface area contributed by atoms with Crippen LogP contribution in [0.15, 0.2) is 53.2 Å². The van der Waals surface area contributed by atoms with Crippen LogP contribution < -0.4 is 10.1 Å². The number of aromatic nitrogens is 1. The second-order valence-electron chi connectivity index (χ2n) is 4.63. The highest BCUT2D eigenvalue weighted by Crippen LogP contribution is 2.21. The minimum absolute atomic E-state index is 0.681. The minimum Gasteiger partial charge on any atom is -0.497 e. The molecule has 3 rings (SSSR count). The number of rotatable bonds is 5. The first-order chi connectivity index (χ1) is 9.85. The van der Waals surface area contributed by atoms with Gasteiger partial charge in [-0.15, -0.1) is 0 Å². The quantitative estimate of drug-likeness (QED) is 0.772. The van der Waals surface area contributed by atoms with Crippen molar-refractivity contribution in [2.45, 2.75) is 13.1 Å². The van der Waals surface area contributed by atoms with E-state index >= 15 is 0 Å². The Morgan fingerprint density at radius 1 is 1.05 bits per heavy atom. The molecule has 4 nitrogen and oxygen atoms in total. The zero-order valence-electron chi connectivity index (χ0n) is 11.3. The summed E-state index contributed by atoms with van der Waals surface area (Å²) < 4.78 is 10.3. The molecule has 0 amide bonds. The molecule has 0 aliphatic heterocycles. The predicted octanol–water partition coefficient (Wildman–Crippen LogP) is 3.13. The molecule has 3 aromatic rings. The van der Waals surface area contributed by atoms with Crippen LogP contribution in [0, 0.1) is 0 Å². The van der Waals surface area contributed by atoms with Crippen molar-refractivity contribution in [3.8, 4) is 5.75 Å². The summed E-state index contributed by atoms with van der Waals surface area (Å²) in [6, 6.07) is 14.4. The van der Waals surface area contributed by atoms with Crippen molar-refractivity contribution in [2.75, 3.05) is 7.11 Å². The van der Waals surface area contributed by atoms with Crippen molar-refractivity contribution in [2.24, 2.45) is 0 Å². The van der Waals surface area contributed by atoms with Gasteiger partial charge in [0.15, 0.2) is 0 Å². The lowest BCUT2D eigenvalue weighted by Gasteiger charge is -2.06. The van der Waals surface area contributed by atoms with E-state index in [4.69, 9.17) is 9.26 Å². The van der Waals surface area contributed by atoms with Gasteiger partial charge in [-0.1, -0.05) is 23.4 Å². The molecule has 102 valence electrons. The number of methoxy groups -OCH3 is 1. The Labute approximate surface area is 117 Å². The van der Waals surface area contributed by atoms with Gasteiger partial charge < -0.3 is 14.6 Å². The van der Waals surface area contributed by atoms with Crippen LogP contribution in [0.1, 0.15) is 11.3 Å². The van der Waals surface area contributed by atoms with Gasteiger partial charge in [0.25, 0.3) is 0 Å². The summed E-state index contributed by atoms with van der Waals surface area (Å²) in [7, 11) is 1.68. The van der Waals surface area contributed by atoms with Crippen LogP contribution >= 0.6 is 0 Å². The van der Waals surface area contributed by atoms with E-state index in [1.165, 1.54) is 16.3 Å². The maximum Gasteiger partial charge on any atom is 0.150 e. The minimum atomic E-state index is 0.681. The molecular formula is C16H16N2O2. The van der Waals surface area contributed by atoms with Crippen LogP contribution in [-0.4, -0.2) is 12.3 Å². The molecular weight excluding hydrogens is 252 g/mol. The molecule has 1 heterocycles. The van der Waals surface area contributed by atoms with Crippen LogP contribution in [0.2, 0.25) is 0 Å². The van der Waals surface area contributed by atoms with Crippen LogP contribution in [0.4, 0.5) is 0 Å². The Balaban J connectivity index is 1.69. The maximum absolute atomic E-state index is 5.23. The summed E-state index contributed by atoms with van der Waals surface area (Å²) >= 11 is 0. The zero-order valence-corrected chi connectivity index (χ0v) is 11.3. The normalized spacial score (nSPS) is 10.8. The van der Waals surface area contributed by atoms with Gasteiger partial charge in [-0.05, 0) is 34.5 Å². The van der Waals surface area contributed by atoms with Gasteiger partial charge in [0, 0.05) is 12.6 Å². The average molecular weight is 268 g/mol. The standard InChI is InChI=1S/C16H16N2O2/c1-19-15-5-4-13-8-12(2-3-14(13)9-15)10-17-11-16-6-7-18-20-16/h2-9,17H,10-11H2,1H3. The van der Waals surface area contributed by atoms with Crippen molar-refractivity contribution < 1.29 is 9.26 Å². The first-order valence-corrected chi connectivity index (χ1v) is 6.52. The monoisotopic (exact) mass is 268 g/mol. The summed E-state index contributed by atoms with van der Waals surface area (Å²) in [6.07, 6.45) is 1.65. The molecule has 0 fully saturated rings. The molecule has 1 N–H and O–H groups in total. The van der Waals surface area contributed by atoms with Gasteiger partial charge in [-0.2, -0.15) is 0 Å². The molecule has 0 bridgehead atoms. The Morgan fingerprint density at radius 2 is 1.90 bits per heavy atom. The number of nitrogens with one attached hydrogen (secondary N) is 1. The number of nitrogens with zero attached hydrogens (tertiary/aromatic N) is 1. The molecule has 1 aromatic heterocycles. The van der Waals surface area contributed by atoms with Crippen molar-refractivity contribution in [3.63, 3.8) is 0 Å². The molecule has 20 heavy (non-hydrogen) atoms. The fraction of sp³-hybridized carbons (Fsp3) is 0.188. The highest BCUT2D eigenvalue weighted by molar-refractivity contribution is 5.84. The van der Waals surface area contributed by atoms with Crippen molar-refractivity contribution in [3.05, 3.63) is 60.0 Å². The Morgan fingerprint density at radius 3 is 2.70 bits per heavy atom.